The average Bonchev–Trinajstić information content (AvgIpc) is 2.39. The fourth-order valence-electron chi connectivity index (χ4n) is 1.85. The molecule has 1 aromatic rings. The summed E-state index contributed by atoms with van der Waals surface area (Å²) in [4.78, 5) is 24.0. The van der Waals surface area contributed by atoms with E-state index >= 15 is 0 Å². The highest BCUT2D eigenvalue weighted by molar-refractivity contribution is 5.30. The first-order chi connectivity index (χ1) is 9.47. The van der Waals surface area contributed by atoms with Crippen molar-refractivity contribution in [2.75, 3.05) is 18.9 Å². The molecular weight excluding hydrogens is 258 g/mol. The van der Waals surface area contributed by atoms with E-state index in [1.165, 1.54) is 10.8 Å². The van der Waals surface area contributed by atoms with Gasteiger partial charge in [-0.25, -0.2) is 4.79 Å². The highest BCUT2D eigenvalue weighted by Crippen LogP contribution is 1.98. The number of nitrogen functional groups attached to an aromatic ring is 1. The average molecular weight is 283 g/mol. The minimum Gasteiger partial charge on any atom is -0.393 e. The molecule has 0 saturated carbocycles. The highest BCUT2D eigenvalue weighted by Gasteiger charge is 2.08. The lowest BCUT2D eigenvalue weighted by Crippen LogP contribution is -2.41. The molecule has 6 heteroatoms. The summed E-state index contributed by atoms with van der Waals surface area (Å²) in [6.07, 6.45) is 3.19. The van der Waals surface area contributed by atoms with Crippen LogP contribution in [0.3, 0.4) is 0 Å². The van der Waals surface area contributed by atoms with Crippen LogP contribution in [-0.2, 0) is 17.8 Å². The molecule has 0 fully saturated rings. The standard InChI is InChI=1S/C14H25N3O3/c1-4-6-16-10-12(15)13(18)17(14(16)19)7-9-20-8-5-11(2)3/h10-11H,4-9,15H2,1-3H3. The van der Waals surface area contributed by atoms with Crippen LogP contribution in [0.2, 0.25) is 0 Å². The van der Waals surface area contributed by atoms with Gasteiger partial charge in [-0.3, -0.25) is 13.9 Å². The molecule has 6 nitrogen and oxygen atoms in total. The number of hydrogen-bond acceptors (Lipinski definition) is 4. The van der Waals surface area contributed by atoms with Crippen molar-refractivity contribution >= 4 is 5.69 Å². The van der Waals surface area contributed by atoms with Gasteiger partial charge in [-0.15, -0.1) is 0 Å². The normalized spacial score (nSPS) is 11.2. The van der Waals surface area contributed by atoms with Gasteiger partial charge < -0.3 is 10.5 Å². The Morgan fingerprint density at radius 1 is 1.25 bits per heavy atom. The van der Waals surface area contributed by atoms with E-state index < -0.39 is 5.56 Å². The number of aromatic nitrogens is 2. The quantitative estimate of drug-likeness (QED) is 0.724. The maximum atomic E-state index is 12.1. The van der Waals surface area contributed by atoms with E-state index in [0.29, 0.717) is 25.7 Å². The van der Waals surface area contributed by atoms with Crippen LogP contribution >= 0.6 is 0 Å². The number of hydrogen-bond donors (Lipinski definition) is 1. The molecule has 0 spiro atoms. The van der Waals surface area contributed by atoms with Crippen molar-refractivity contribution in [3.05, 3.63) is 27.0 Å². The van der Waals surface area contributed by atoms with Crippen molar-refractivity contribution in [3.63, 3.8) is 0 Å². The van der Waals surface area contributed by atoms with Crippen molar-refractivity contribution < 1.29 is 4.74 Å². The monoisotopic (exact) mass is 283 g/mol. The summed E-state index contributed by atoms with van der Waals surface area (Å²) >= 11 is 0. The first-order valence-electron chi connectivity index (χ1n) is 7.14. The van der Waals surface area contributed by atoms with Gasteiger partial charge in [0.2, 0.25) is 0 Å². The zero-order valence-corrected chi connectivity index (χ0v) is 12.6. The van der Waals surface area contributed by atoms with Crippen molar-refractivity contribution in [2.24, 2.45) is 5.92 Å². The van der Waals surface area contributed by atoms with Gasteiger partial charge in [0, 0.05) is 19.3 Å². The molecule has 1 rings (SSSR count). The Bertz CT molecular complexity index is 531. The zero-order valence-electron chi connectivity index (χ0n) is 12.6. The summed E-state index contributed by atoms with van der Waals surface area (Å²) < 4.78 is 8.08. The summed E-state index contributed by atoms with van der Waals surface area (Å²) in [6.45, 7) is 7.98. The molecule has 0 atom stereocenters. The second-order valence-corrected chi connectivity index (χ2v) is 5.31. The molecular formula is C14H25N3O3. The Hall–Kier alpha value is -1.56. The van der Waals surface area contributed by atoms with Crippen LogP contribution in [0.25, 0.3) is 0 Å². The van der Waals surface area contributed by atoms with Crippen LogP contribution in [0, 0.1) is 5.92 Å². The van der Waals surface area contributed by atoms with Gasteiger partial charge in [0.15, 0.2) is 0 Å². The molecule has 1 heterocycles. The summed E-state index contributed by atoms with van der Waals surface area (Å²) in [5, 5.41) is 0. The molecule has 0 bridgehead atoms. The molecule has 0 saturated heterocycles. The Balaban J connectivity index is 2.74. The highest BCUT2D eigenvalue weighted by atomic mass is 16.5. The first-order valence-corrected chi connectivity index (χ1v) is 7.14. The fourth-order valence-corrected chi connectivity index (χ4v) is 1.85. The molecule has 1 aromatic heterocycles. The molecule has 0 aliphatic heterocycles. The Labute approximate surface area is 119 Å². The van der Waals surface area contributed by atoms with Crippen LogP contribution in [0.5, 0.6) is 0 Å². The molecule has 0 aliphatic rings. The number of nitrogens with two attached hydrogens (primary N) is 1. The van der Waals surface area contributed by atoms with E-state index in [1.807, 2.05) is 6.92 Å². The summed E-state index contributed by atoms with van der Waals surface area (Å²) in [7, 11) is 0. The molecule has 0 amide bonds. The summed E-state index contributed by atoms with van der Waals surface area (Å²) in [5.41, 5.74) is 5.00. The maximum absolute atomic E-state index is 12.1. The lowest BCUT2D eigenvalue weighted by Gasteiger charge is -2.11. The molecule has 114 valence electrons. The topological polar surface area (TPSA) is 79.2 Å². The van der Waals surface area contributed by atoms with Gasteiger partial charge in [0.25, 0.3) is 5.56 Å². The predicted molar refractivity (Wildman–Crippen MR) is 79.9 cm³/mol. The fraction of sp³-hybridized carbons (Fsp3) is 0.714. The van der Waals surface area contributed by atoms with Crippen molar-refractivity contribution in [3.8, 4) is 0 Å². The minimum absolute atomic E-state index is 0.0974. The third kappa shape index (κ3) is 4.52. The molecule has 0 unspecified atom stereocenters. The van der Waals surface area contributed by atoms with Crippen molar-refractivity contribution in [1.82, 2.24) is 9.13 Å². The maximum Gasteiger partial charge on any atom is 0.331 e. The number of aryl methyl sites for hydroxylation is 1. The van der Waals surface area contributed by atoms with Crippen LogP contribution in [0.15, 0.2) is 15.8 Å². The molecule has 20 heavy (non-hydrogen) atoms. The zero-order chi connectivity index (χ0) is 15.1. The molecule has 0 aliphatic carbocycles. The van der Waals surface area contributed by atoms with Crippen LogP contribution < -0.4 is 17.0 Å². The Morgan fingerprint density at radius 3 is 2.55 bits per heavy atom. The van der Waals surface area contributed by atoms with Crippen LogP contribution in [0.1, 0.15) is 33.6 Å². The van der Waals surface area contributed by atoms with E-state index in [9.17, 15) is 9.59 Å². The Kier molecular flexibility index (Phi) is 6.51. The van der Waals surface area contributed by atoms with E-state index in [4.69, 9.17) is 10.5 Å². The lowest BCUT2D eigenvalue weighted by molar-refractivity contribution is 0.114. The second-order valence-electron chi connectivity index (χ2n) is 5.31. The number of rotatable bonds is 8. The van der Waals surface area contributed by atoms with E-state index in [1.54, 1.807) is 0 Å². The van der Waals surface area contributed by atoms with Crippen LogP contribution in [0.4, 0.5) is 5.69 Å². The Morgan fingerprint density at radius 2 is 1.95 bits per heavy atom. The van der Waals surface area contributed by atoms with Gasteiger partial charge in [-0.2, -0.15) is 0 Å². The molecule has 2 N–H and O–H groups in total. The number of ether oxygens (including phenoxy) is 1. The lowest BCUT2D eigenvalue weighted by atomic mass is 10.1. The first kappa shape index (κ1) is 16.5. The predicted octanol–water partition coefficient (Wildman–Crippen LogP) is 1.06. The van der Waals surface area contributed by atoms with Gasteiger partial charge in [-0.1, -0.05) is 20.8 Å². The summed E-state index contributed by atoms with van der Waals surface area (Å²) in [5.74, 6) is 0.576. The van der Waals surface area contributed by atoms with E-state index in [0.717, 1.165) is 17.4 Å². The molecule has 0 aromatic carbocycles. The van der Waals surface area contributed by atoms with Crippen LogP contribution in [-0.4, -0.2) is 22.3 Å². The second kappa shape index (κ2) is 7.89. The van der Waals surface area contributed by atoms with Gasteiger partial charge in [0.1, 0.15) is 5.69 Å². The third-order valence-electron chi connectivity index (χ3n) is 3.03. The van der Waals surface area contributed by atoms with Crippen molar-refractivity contribution in [2.45, 2.75) is 46.7 Å². The van der Waals surface area contributed by atoms with Crippen molar-refractivity contribution in [1.29, 1.82) is 0 Å². The smallest absolute Gasteiger partial charge is 0.331 e. The summed E-state index contributed by atoms with van der Waals surface area (Å²) in [6, 6.07) is 0. The van der Waals surface area contributed by atoms with Gasteiger partial charge in [-0.05, 0) is 18.8 Å². The van der Waals surface area contributed by atoms with E-state index in [2.05, 4.69) is 13.8 Å². The SMILES string of the molecule is CCCn1cc(N)c(=O)n(CCOCCC(C)C)c1=O. The van der Waals surface area contributed by atoms with Gasteiger partial charge in [0.05, 0.1) is 13.2 Å². The largest absolute Gasteiger partial charge is 0.393 e. The number of anilines is 1. The van der Waals surface area contributed by atoms with Gasteiger partial charge >= 0.3 is 5.69 Å². The molecule has 0 radical (unpaired) electrons. The minimum atomic E-state index is -0.435. The number of nitrogens with zero attached hydrogens (tertiary/aromatic N) is 2. The third-order valence-corrected chi connectivity index (χ3v) is 3.03. The van der Waals surface area contributed by atoms with E-state index in [-0.39, 0.29) is 17.9 Å².